The van der Waals surface area contributed by atoms with Gasteiger partial charge in [0.1, 0.15) is 42.4 Å². The van der Waals surface area contributed by atoms with Crippen molar-refractivity contribution in [2.45, 2.75) is 96.3 Å². The number of rotatable bonds is 24. The van der Waals surface area contributed by atoms with Crippen molar-refractivity contribution >= 4 is 11.0 Å². The third kappa shape index (κ3) is 13.0. The molecule has 1 aliphatic heterocycles. The Hall–Kier alpha value is -6.27. The number of benzene rings is 6. The molecule has 1 saturated heterocycles. The summed E-state index contributed by atoms with van der Waals surface area (Å²) in [6.45, 7) is 4.10. The van der Waals surface area contributed by atoms with Crippen LogP contribution in [-0.4, -0.2) is 43.9 Å². The molecule has 66 heavy (non-hydrogen) atoms. The smallest absolute Gasteiger partial charge is 0.383 e. The Morgan fingerprint density at radius 3 is 1.58 bits per heavy atom. The van der Waals surface area contributed by atoms with E-state index in [0.29, 0.717) is 36.7 Å². The van der Waals surface area contributed by atoms with E-state index in [1.54, 1.807) is 12.1 Å². The molecule has 6 aromatic carbocycles. The van der Waals surface area contributed by atoms with Gasteiger partial charge in [-0.3, -0.25) is 0 Å². The van der Waals surface area contributed by atoms with E-state index in [4.69, 9.17) is 42.3 Å². The van der Waals surface area contributed by atoms with Crippen molar-refractivity contribution in [1.29, 1.82) is 0 Å². The van der Waals surface area contributed by atoms with Crippen molar-refractivity contribution in [3.8, 4) is 17.2 Å². The second-order valence-corrected chi connectivity index (χ2v) is 16.3. The SMILES string of the molecule is CCCCCCOc1c(OCc2ccccc2)c2ccc(O[C@@H]3O[C@H](COCc4ccccc4)[C@@H](OCc4ccccc4)[C@H](OCc4ccccc4)[C@H]3OCc3ccccc3)cc2oc1=O. The quantitative estimate of drug-likeness (QED) is 0.0430. The Bertz CT molecular complexity index is 2540. The fraction of sp³-hybridized carbons (Fsp3) is 0.304. The highest BCUT2D eigenvalue weighted by Crippen LogP contribution is 2.37. The molecule has 342 valence electrons. The van der Waals surface area contributed by atoms with Crippen LogP contribution in [0.1, 0.15) is 60.4 Å². The van der Waals surface area contributed by atoms with E-state index in [0.717, 1.165) is 53.5 Å². The zero-order chi connectivity index (χ0) is 45.2. The molecule has 0 aliphatic carbocycles. The van der Waals surface area contributed by atoms with Crippen LogP contribution in [-0.2, 0) is 56.7 Å². The fourth-order valence-electron chi connectivity index (χ4n) is 7.89. The molecule has 1 aromatic heterocycles. The fourth-order valence-corrected chi connectivity index (χ4v) is 7.89. The minimum atomic E-state index is -1.03. The first-order valence-electron chi connectivity index (χ1n) is 22.9. The van der Waals surface area contributed by atoms with E-state index in [-0.39, 0.29) is 37.8 Å². The van der Waals surface area contributed by atoms with Gasteiger partial charge in [0.15, 0.2) is 5.75 Å². The van der Waals surface area contributed by atoms with Crippen molar-refractivity contribution in [3.05, 3.63) is 208 Å². The van der Waals surface area contributed by atoms with Gasteiger partial charge in [0.05, 0.1) is 45.0 Å². The summed E-state index contributed by atoms with van der Waals surface area (Å²) in [6, 6.07) is 55.0. The van der Waals surface area contributed by atoms with Crippen molar-refractivity contribution in [3.63, 3.8) is 0 Å². The van der Waals surface area contributed by atoms with Crippen LogP contribution in [0.15, 0.2) is 179 Å². The second-order valence-electron chi connectivity index (χ2n) is 16.3. The first-order chi connectivity index (χ1) is 32.6. The molecule has 8 rings (SSSR count). The Morgan fingerprint density at radius 2 is 1.02 bits per heavy atom. The minimum absolute atomic E-state index is 0.0480. The summed E-state index contributed by atoms with van der Waals surface area (Å²) >= 11 is 0. The third-order valence-corrected chi connectivity index (χ3v) is 11.4. The summed E-state index contributed by atoms with van der Waals surface area (Å²) in [4.78, 5) is 13.7. The van der Waals surface area contributed by atoms with Gasteiger partial charge in [0.25, 0.3) is 0 Å². The summed E-state index contributed by atoms with van der Waals surface area (Å²) in [5, 5.41) is 0.563. The molecule has 5 atom stereocenters. The highest BCUT2D eigenvalue weighted by molar-refractivity contribution is 5.86. The van der Waals surface area contributed by atoms with Gasteiger partial charge < -0.3 is 42.3 Å². The second kappa shape index (κ2) is 24.3. The molecule has 0 amide bonds. The zero-order valence-corrected chi connectivity index (χ0v) is 37.4. The largest absolute Gasteiger partial charge is 0.484 e. The van der Waals surface area contributed by atoms with E-state index < -0.39 is 36.3 Å². The molecule has 0 bridgehead atoms. The molecular weight excluding hydrogens is 833 g/mol. The van der Waals surface area contributed by atoms with E-state index in [9.17, 15) is 4.79 Å². The summed E-state index contributed by atoms with van der Waals surface area (Å²) < 4.78 is 59.2. The summed E-state index contributed by atoms with van der Waals surface area (Å²) in [7, 11) is 0. The van der Waals surface area contributed by atoms with E-state index in [1.807, 2.05) is 158 Å². The minimum Gasteiger partial charge on any atom is -0.484 e. The monoisotopic (exact) mass is 890 g/mol. The standard InChI is InChI=1S/C56H58O10/c1-2-3-4-20-33-59-53-50(60-36-42-23-12-6-13-24-42)47-32-31-46(34-48(47)65-55(53)57)64-56-54(63-39-45-29-18-9-19-30-45)52(62-38-44-27-16-8-17-28-44)51(61-37-43-25-14-7-15-26-43)49(66-56)40-58-35-41-21-10-5-11-22-41/h5-19,21-32,34,49,51-52,54,56H,2-4,20,33,35-40H2,1H3/t49-,51-,52+,54-,56-/m1/s1. The van der Waals surface area contributed by atoms with Crippen LogP contribution in [0, 0.1) is 0 Å². The third-order valence-electron chi connectivity index (χ3n) is 11.4. The van der Waals surface area contributed by atoms with Crippen LogP contribution in [0.2, 0.25) is 0 Å². The molecule has 0 radical (unpaired) electrons. The lowest BCUT2D eigenvalue weighted by Gasteiger charge is -2.45. The van der Waals surface area contributed by atoms with Crippen LogP contribution in [0.4, 0.5) is 0 Å². The van der Waals surface area contributed by atoms with E-state index in [2.05, 4.69) is 6.92 Å². The van der Waals surface area contributed by atoms with Gasteiger partial charge in [-0.1, -0.05) is 178 Å². The zero-order valence-electron chi connectivity index (χ0n) is 37.4. The maximum Gasteiger partial charge on any atom is 0.383 e. The number of unbranched alkanes of at least 4 members (excludes halogenated alkanes) is 3. The molecule has 10 heteroatoms. The first kappa shape index (κ1) is 46.3. The van der Waals surface area contributed by atoms with Gasteiger partial charge >= 0.3 is 5.63 Å². The molecule has 2 heterocycles. The molecule has 0 unspecified atom stereocenters. The van der Waals surface area contributed by atoms with Gasteiger partial charge in [-0.05, 0) is 46.4 Å². The highest BCUT2D eigenvalue weighted by Gasteiger charge is 2.50. The van der Waals surface area contributed by atoms with E-state index in [1.165, 1.54) is 0 Å². The Morgan fingerprint density at radius 1 is 0.500 bits per heavy atom. The molecule has 0 N–H and O–H groups in total. The molecular formula is C56H58O10. The van der Waals surface area contributed by atoms with Crippen LogP contribution >= 0.6 is 0 Å². The van der Waals surface area contributed by atoms with Crippen molar-refractivity contribution in [2.75, 3.05) is 13.2 Å². The van der Waals surface area contributed by atoms with Crippen molar-refractivity contribution in [1.82, 2.24) is 0 Å². The van der Waals surface area contributed by atoms with Crippen molar-refractivity contribution in [2.24, 2.45) is 0 Å². The highest BCUT2D eigenvalue weighted by atomic mass is 16.7. The summed E-state index contributed by atoms with van der Waals surface area (Å²) in [5.74, 6) is 0.737. The predicted molar refractivity (Wildman–Crippen MR) is 253 cm³/mol. The predicted octanol–water partition coefficient (Wildman–Crippen LogP) is 11.4. The number of hydrogen-bond acceptors (Lipinski definition) is 10. The summed E-state index contributed by atoms with van der Waals surface area (Å²) in [6.07, 6.45) is 0.128. The molecule has 0 saturated carbocycles. The van der Waals surface area contributed by atoms with Crippen LogP contribution in [0.25, 0.3) is 11.0 Å². The average Bonchev–Trinajstić information content (AvgIpc) is 3.36. The number of fused-ring (bicyclic) bond motifs is 1. The lowest BCUT2D eigenvalue weighted by Crippen LogP contribution is -2.62. The van der Waals surface area contributed by atoms with Gasteiger partial charge in [0.2, 0.25) is 12.0 Å². The molecule has 1 fully saturated rings. The Balaban J connectivity index is 1.14. The maximum atomic E-state index is 13.7. The van der Waals surface area contributed by atoms with Gasteiger partial charge in [-0.2, -0.15) is 0 Å². The molecule has 1 aliphatic rings. The van der Waals surface area contributed by atoms with Crippen molar-refractivity contribution < 1.29 is 42.3 Å². The Kier molecular flexibility index (Phi) is 17.0. The van der Waals surface area contributed by atoms with Gasteiger partial charge in [0, 0.05) is 6.07 Å². The van der Waals surface area contributed by atoms with Crippen LogP contribution < -0.4 is 19.8 Å². The van der Waals surface area contributed by atoms with E-state index >= 15 is 0 Å². The molecule has 10 nitrogen and oxygen atoms in total. The van der Waals surface area contributed by atoms with Crippen LogP contribution in [0.5, 0.6) is 17.2 Å². The lowest BCUT2D eigenvalue weighted by molar-refractivity contribution is -0.310. The lowest BCUT2D eigenvalue weighted by atomic mass is 9.97. The Labute approximate surface area is 386 Å². The van der Waals surface area contributed by atoms with Gasteiger partial charge in [-0.15, -0.1) is 0 Å². The summed E-state index contributed by atoms with van der Waals surface area (Å²) in [5.41, 5.74) is 4.55. The number of hydrogen-bond donors (Lipinski definition) is 0. The van der Waals surface area contributed by atoms with Gasteiger partial charge in [-0.25, -0.2) is 4.79 Å². The maximum absolute atomic E-state index is 13.7. The number of ether oxygens (including phenoxy) is 8. The molecule has 7 aromatic rings. The first-order valence-corrected chi connectivity index (χ1v) is 22.9. The normalized spacial score (nSPS) is 18.2. The average molecular weight is 891 g/mol. The topological polar surface area (TPSA) is 104 Å². The van der Waals surface area contributed by atoms with Crippen LogP contribution in [0.3, 0.4) is 0 Å². The molecule has 0 spiro atoms.